The van der Waals surface area contributed by atoms with Crippen LogP contribution in [0.3, 0.4) is 0 Å². The number of aromatic nitrogens is 2. The molecule has 0 unspecified atom stereocenters. The molecule has 0 bridgehead atoms. The first-order valence-corrected chi connectivity index (χ1v) is 6.36. The molecule has 17 heavy (non-hydrogen) atoms. The van der Waals surface area contributed by atoms with Crippen molar-refractivity contribution in [3.8, 4) is 0 Å². The van der Waals surface area contributed by atoms with Crippen LogP contribution in [0.1, 0.15) is 11.5 Å². The maximum atomic E-state index is 12.0. The number of benzene rings is 1. The Labute approximate surface area is 98.7 Å². The van der Waals surface area contributed by atoms with Gasteiger partial charge in [0.25, 0.3) is 16.0 Å². The zero-order valence-corrected chi connectivity index (χ0v) is 10.2. The van der Waals surface area contributed by atoms with Gasteiger partial charge in [0, 0.05) is 6.92 Å². The van der Waals surface area contributed by atoms with E-state index in [2.05, 4.69) is 19.4 Å². The molecule has 0 saturated carbocycles. The molecule has 0 fully saturated rings. The summed E-state index contributed by atoms with van der Waals surface area (Å²) < 4.78 is 30.9. The van der Waals surface area contributed by atoms with E-state index in [0.717, 1.165) is 0 Å². The van der Waals surface area contributed by atoms with Gasteiger partial charge in [-0.2, -0.15) is 4.98 Å². The predicted molar refractivity (Wildman–Crippen MR) is 61.0 cm³/mol. The zero-order valence-electron chi connectivity index (χ0n) is 9.34. The normalized spacial score (nSPS) is 11.4. The van der Waals surface area contributed by atoms with Crippen molar-refractivity contribution in [2.75, 3.05) is 4.72 Å². The zero-order chi connectivity index (χ0) is 12.5. The molecule has 0 radical (unpaired) electrons. The molecule has 1 heterocycles. The molecule has 2 aromatic rings. The van der Waals surface area contributed by atoms with E-state index in [-0.39, 0.29) is 10.8 Å². The molecule has 0 amide bonds. The first-order chi connectivity index (χ1) is 7.99. The lowest BCUT2D eigenvalue weighted by Crippen LogP contribution is -2.15. The van der Waals surface area contributed by atoms with Crippen LogP contribution in [0.25, 0.3) is 0 Å². The Morgan fingerprint density at radius 3 is 2.53 bits per heavy atom. The fraction of sp³-hybridized carbons (Fsp3) is 0.200. The molecule has 90 valence electrons. The molecule has 0 aliphatic heterocycles. The molecule has 0 atom stereocenters. The van der Waals surface area contributed by atoms with Crippen molar-refractivity contribution in [3.05, 3.63) is 35.7 Å². The fourth-order valence-corrected chi connectivity index (χ4v) is 2.56. The van der Waals surface area contributed by atoms with Gasteiger partial charge in [-0.15, -0.1) is 0 Å². The highest BCUT2D eigenvalue weighted by Gasteiger charge is 2.18. The van der Waals surface area contributed by atoms with E-state index >= 15 is 0 Å². The second kappa shape index (κ2) is 4.17. The number of hydrogen-bond donors (Lipinski definition) is 1. The quantitative estimate of drug-likeness (QED) is 0.895. The number of aryl methyl sites for hydroxylation is 2. The van der Waals surface area contributed by atoms with Gasteiger partial charge in [0.15, 0.2) is 0 Å². The molecule has 6 nitrogen and oxygen atoms in total. The summed E-state index contributed by atoms with van der Waals surface area (Å²) in [5, 5.41) is 3.48. The fourth-order valence-electron chi connectivity index (χ4n) is 1.37. The van der Waals surface area contributed by atoms with Crippen LogP contribution in [-0.4, -0.2) is 18.6 Å². The van der Waals surface area contributed by atoms with Crippen LogP contribution in [0.5, 0.6) is 0 Å². The lowest BCUT2D eigenvalue weighted by molar-refractivity contribution is 0.395. The van der Waals surface area contributed by atoms with Crippen molar-refractivity contribution in [2.45, 2.75) is 18.7 Å². The summed E-state index contributed by atoms with van der Waals surface area (Å²) in [7, 11) is -3.67. The highest BCUT2D eigenvalue weighted by Crippen LogP contribution is 2.17. The summed E-state index contributed by atoms with van der Waals surface area (Å²) in [4.78, 5) is 3.98. The molecule has 0 spiro atoms. The monoisotopic (exact) mass is 253 g/mol. The largest absolute Gasteiger partial charge is 0.338 e. The summed E-state index contributed by atoms with van der Waals surface area (Å²) in [6.07, 6.45) is 0. The highest BCUT2D eigenvalue weighted by atomic mass is 32.2. The molecule has 1 N–H and O–H groups in total. The Balaban J connectivity index is 2.35. The number of nitrogens with one attached hydrogen (secondary N) is 1. The molecule has 7 heteroatoms. The number of sulfonamides is 1. The van der Waals surface area contributed by atoms with Gasteiger partial charge in [-0.25, -0.2) is 13.1 Å². The standard InChI is InChI=1S/C10H11N3O3S/c1-7-5-3-4-6-9(7)17(14,15)13-10-11-8(2)16-12-10/h3-6H,1-2H3,(H,12,13). The van der Waals surface area contributed by atoms with Crippen molar-refractivity contribution < 1.29 is 12.9 Å². The maximum Gasteiger partial charge on any atom is 0.277 e. The highest BCUT2D eigenvalue weighted by molar-refractivity contribution is 7.92. The summed E-state index contributed by atoms with van der Waals surface area (Å²) in [5.74, 6) is 0.234. The van der Waals surface area contributed by atoms with E-state index in [9.17, 15) is 8.42 Å². The van der Waals surface area contributed by atoms with Crippen molar-refractivity contribution in [2.24, 2.45) is 0 Å². The van der Waals surface area contributed by atoms with Crippen LogP contribution in [0.4, 0.5) is 5.95 Å². The molecule has 1 aromatic heterocycles. The Kier molecular flexibility index (Phi) is 2.84. The number of anilines is 1. The van der Waals surface area contributed by atoms with Crippen LogP contribution in [0, 0.1) is 13.8 Å². The van der Waals surface area contributed by atoms with Crippen LogP contribution in [0.2, 0.25) is 0 Å². The Morgan fingerprint density at radius 1 is 1.24 bits per heavy atom. The molecule has 1 aromatic carbocycles. The first kappa shape index (κ1) is 11.6. The van der Waals surface area contributed by atoms with Crippen molar-refractivity contribution in [1.29, 1.82) is 0 Å². The van der Waals surface area contributed by atoms with E-state index in [1.807, 2.05) is 0 Å². The predicted octanol–water partition coefficient (Wildman–Crippen LogP) is 1.49. The number of nitrogens with zero attached hydrogens (tertiary/aromatic N) is 2. The molecule has 0 aliphatic carbocycles. The molecular formula is C10H11N3O3S. The molecule has 0 saturated heterocycles. The smallest absolute Gasteiger partial charge is 0.277 e. The topological polar surface area (TPSA) is 85.1 Å². The number of rotatable bonds is 3. The van der Waals surface area contributed by atoms with Gasteiger partial charge in [-0.05, 0) is 23.7 Å². The van der Waals surface area contributed by atoms with Gasteiger partial charge in [0.05, 0.1) is 4.90 Å². The van der Waals surface area contributed by atoms with Crippen LogP contribution >= 0.6 is 0 Å². The summed E-state index contributed by atoms with van der Waals surface area (Å²) in [6.45, 7) is 3.30. The minimum absolute atomic E-state index is 0.0641. The third-order valence-electron chi connectivity index (χ3n) is 2.14. The summed E-state index contributed by atoms with van der Waals surface area (Å²) in [5.41, 5.74) is 0.653. The Morgan fingerprint density at radius 2 is 1.94 bits per heavy atom. The van der Waals surface area contributed by atoms with Gasteiger partial charge in [-0.3, -0.25) is 0 Å². The minimum atomic E-state index is -3.67. The average Bonchev–Trinajstić information content (AvgIpc) is 2.63. The first-order valence-electron chi connectivity index (χ1n) is 4.88. The third kappa shape index (κ3) is 2.44. The maximum absolute atomic E-state index is 12.0. The SMILES string of the molecule is Cc1nc(NS(=O)(=O)c2ccccc2C)no1. The second-order valence-electron chi connectivity index (χ2n) is 3.51. The molecule has 0 aliphatic rings. The van der Waals surface area contributed by atoms with Crippen LogP contribution in [-0.2, 0) is 10.0 Å². The van der Waals surface area contributed by atoms with E-state index < -0.39 is 10.0 Å². The van der Waals surface area contributed by atoms with E-state index in [1.165, 1.54) is 6.07 Å². The van der Waals surface area contributed by atoms with Gasteiger partial charge in [0.1, 0.15) is 0 Å². The van der Waals surface area contributed by atoms with E-state index in [4.69, 9.17) is 0 Å². The van der Waals surface area contributed by atoms with Gasteiger partial charge >= 0.3 is 0 Å². The summed E-state index contributed by atoms with van der Waals surface area (Å²) >= 11 is 0. The number of hydrogen-bond acceptors (Lipinski definition) is 5. The lowest BCUT2D eigenvalue weighted by atomic mass is 10.2. The molecular weight excluding hydrogens is 242 g/mol. The minimum Gasteiger partial charge on any atom is -0.338 e. The Bertz CT molecular complexity index is 634. The van der Waals surface area contributed by atoms with E-state index in [0.29, 0.717) is 11.5 Å². The average molecular weight is 253 g/mol. The van der Waals surface area contributed by atoms with E-state index in [1.54, 1.807) is 32.0 Å². The third-order valence-corrected chi connectivity index (χ3v) is 3.62. The van der Waals surface area contributed by atoms with Crippen LogP contribution in [0.15, 0.2) is 33.7 Å². The van der Waals surface area contributed by atoms with Gasteiger partial charge < -0.3 is 4.52 Å². The van der Waals surface area contributed by atoms with Crippen molar-refractivity contribution in [1.82, 2.24) is 10.1 Å². The van der Waals surface area contributed by atoms with Crippen LogP contribution < -0.4 is 4.72 Å². The summed E-state index contributed by atoms with van der Waals surface area (Å²) in [6, 6.07) is 6.66. The molecule has 2 rings (SSSR count). The van der Waals surface area contributed by atoms with Gasteiger partial charge in [0.2, 0.25) is 5.89 Å². The van der Waals surface area contributed by atoms with Crippen molar-refractivity contribution in [3.63, 3.8) is 0 Å². The Hall–Kier alpha value is -1.89. The second-order valence-corrected chi connectivity index (χ2v) is 5.16. The van der Waals surface area contributed by atoms with Crippen molar-refractivity contribution >= 4 is 16.0 Å². The van der Waals surface area contributed by atoms with Gasteiger partial charge in [-0.1, -0.05) is 18.2 Å². The lowest BCUT2D eigenvalue weighted by Gasteiger charge is -2.06.